The maximum Gasteiger partial charge on any atom is 0.0605 e. The highest BCUT2D eigenvalue weighted by atomic mass is 35.5. The van der Waals surface area contributed by atoms with Crippen molar-refractivity contribution in [1.82, 2.24) is 10.3 Å². The average molecular weight is 275 g/mol. The fraction of sp³-hybridized carbons (Fsp3) is 0.312. The van der Waals surface area contributed by atoms with Crippen molar-refractivity contribution in [3.8, 4) is 0 Å². The van der Waals surface area contributed by atoms with E-state index >= 15 is 0 Å². The van der Waals surface area contributed by atoms with Crippen molar-refractivity contribution in [2.75, 3.05) is 7.05 Å². The topological polar surface area (TPSA) is 24.9 Å². The van der Waals surface area contributed by atoms with Gasteiger partial charge in [0.05, 0.1) is 11.7 Å². The zero-order valence-corrected chi connectivity index (χ0v) is 12.3. The molecule has 100 valence electrons. The molecule has 2 rings (SSSR count). The first-order valence-corrected chi connectivity index (χ1v) is 6.83. The highest BCUT2D eigenvalue weighted by Gasteiger charge is 2.15. The molecule has 1 aromatic carbocycles. The molecule has 1 aromatic heterocycles. The van der Waals surface area contributed by atoms with E-state index in [9.17, 15) is 0 Å². The van der Waals surface area contributed by atoms with E-state index in [0.717, 1.165) is 22.7 Å². The van der Waals surface area contributed by atoms with Crippen molar-refractivity contribution in [2.24, 2.45) is 0 Å². The van der Waals surface area contributed by atoms with Crippen molar-refractivity contribution in [1.29, 1.82) is 0 Å². The number of aromatic nitrogens is 1. The van der Waals surface area contributed by atoms with Crippen LogP contribution in [0.2, 0.25) is 5.02 Å². The number of pyridine rings is 1. The highest BCUT2D eigenvalue weighted by molar-refractivity contribution is 6.31. The molecule has 1 heterocycles. The summed E-state index contributed by atoms with van der Waals surface area (Å²) in [7, 11) is 1.96. The molecule has 19 heavy (non-hydrogen) atoms. The monoisotopic (exact) mass is 274 g/mol. The minimum atomic E-state index is 0.182. The van der Waals surface area contributed by atoms with Gasteiger partial charge in [-0.3, -0.25) is 4.98 Å². The predicted molar refractivity (Wildman–Crippen MR) is 80.7 cm³/mol. The standard InChI is InChI=1S/C16H19ClN2/c1-11-6-7-13(14(17)9-11)10-15(18-3)16-12(2)5-4-8-19-16/h4-9,15,18H,10H2,1-3H3. The molecule has 0 aliphatic carbocycles. The van der Waals surface area contributed by atoms with E-state index in [-0.39, 0.29) is 6.04 Å². The molecule has 3 heteroatoms. The summed E-state index contributed by atoms with van der Waals surface area (Å²) in [6, 6.07) is 10.4. The van der Waals surface area contributed by atoms with Gasteiger partial charge in [-0.15, -0.1) is 0 Å². The Morgan fingerprint density at radius 3 is 2.68 bits per heavy atom. The first-order valence-electron chi connectivity index (χ1n) is 6.45. The van der Waals surface area contributed by atoms with E-state index in [0.29, 0.717) is 0 Å². The van der Waals surface area contributed by atoms with Gasteiger partial charge in [-0.05, 0) is 56.1 Å². The van der Waals surface area contributed by atoms with Gasteiger partial charge >= 0.3 is 0 Å². The number of nitrogens with one attached hydrogen (secondary N) is 1. The van der Waals surface area contributed by atoms with Gasteiger partial charge in [0.1, 0.15) is 0 Å². The number of benzene rings is 1. The maximum atomic E-state index is 6.31. The van der Waals surface area contributed by atoms with E-state index in [1.54, 1.807) is 0 Å². The summed E-state index contributed by atoms with van der Waals surface area (Å²) in [6.45, 7) is 4.14. The van der Waals surface area contributed by atoms with Gasteiger partial charge in [0.25, 0.3) is 0 Å². The molecule has 0 saturated carbocycles. The number of aryl methyl sites for hydroxylation is 2. The average Bonchev–Trinajstić information content (AvgIpc) is 2.39. The minimum Gasteiger partial charge on any atom is -0.311 e. The Labute approximate surface area is 119 Å². The Balaban J connectivity index is 2.27. The molecule has 0 radical (unpaired) electrons. The normalized spacial score (nSPS) is 12.4. The van der Waals surface area contributed by atoms with Crippen LogP contribution in [0.1, 0.15) is 28.4 Å². The number of hydrogen-bond acceptors (Lipinski definition) is 2. The molecular weight excluding hydrogens is 256 g/mol. The van der Waals surface area contributed by atoms with Crippen LogP contribution in [-0.2, 0) is 6.42 Å². The number of hydrogen-bond donors (Lipinski definition) is 1. The zero-order valence-electron chi connectivity index (χ0n) is 11.6. The van der Waals surface area contributed by atoms with E-state index < -0.39 is 0 Å². The molecular formula is C16H19ClN2. The summed E-state index contributed by atoms with van der Waals surface area (Å²) in [4.78, 5) is 4.49. The van der Waals surface area contributed by atoms with Gasteiger partial charge in [-0.1, -0.05) is 29.8 Å². The Hall–Kier alpha value is -1.38. The van der Waals surface area contributed by atoms with Gasteiger partial charge in [0.15, 0.2) is 0 Å². The molecule has 1 unspecified atom stereocenters. The third kappa shape index (κ3) is 3.34. The first kappa shape index (κ1) is 14.0. The SMILES string of the molecule is CNC(Cc1ccc(C)cc1Cl)c1ncccc1C. The fourth-order valence-corrected chi connectivity index (χ4v) is 2.55. The maximum absolute atomic E-state index is 6.31. The molecule has 0 aliphatic rings. The Kier molecular flexibility index (Phi) is 4.56. The summed E-state index contributed by atoms with van der Waals surface area (Å²) >= 11 is 6.31. The van der Waals surface area contributed by atoms with Gasteiger partial charge < -0.3 is 5.32 Å². The van der Waals surface area contributed by atoms with Gasteiger partial charge in [0, 0.05) is 11.2 Å². The molecule has 0 bridgehead atoms. The molecule has 0 spiro atoms. The van der Waals surface area contributed by atoms with E-state index in [4.69, 9.17) is 11.6 Å². The van der Waals surface area contributed by atoms with Gasteiger partial charge in [-0.2, -0.15) is 0 Å². The molecule has 0 fully saturated rings. The van der Waals surface area contributed by atoms with Crippen molar-refractivity contribution in [3.05, 3.63) is 63.9 Å². The number of nitrogens with zero attached hydrogens (tertiary/aromatic N) is 1. The van der Waals surface area contributed by atoms with Crippen LogP contribution in [0.4, 0.5) is 0 Å². The van der Waals surface area contributed by atoms with Crippen molar-refractivity contribution < 1.29 is 0 Å². The quantitative estimate of drug-likeness (QED) is 0.916. The Morgan fingerprint density at radius 2 is 2.05 bits per heavy atom. The second kappa shape index (κ2) is 6.18. The van der Waals surface area contributed by atoms with Crippen LogP contribution >= 0.6 is 11.6 Å². The van der Waals surface area contributed by atoms with E-state index in [1.807, 2.05) is 32.3 Å². The summed E-state index contributed by atoms with van der Waals surface area (Å²) in [5, 5.41) is 4.16. The van der Waals surface area contributed by atoms with Crippen LogP contribution in [0.25, 0.3) is 0 Å². The molecule has 2 nitrogen and oxygen atoms in total. The van der Waals surface area contributed by atoms with Gasteiger partial charge in [-0.25, -0.2) is 0 Å². The van der Waals surface area contributed by atoms with Crippen LogP contribution in [0.15, 0.2) is 36.5 Å². The van der Waals surface area contributed by atoms with Crippen molar-refractivity contribution >= 4 is 11.6 Å². The molecule has 1 atom stereocenters. The van der Waals surface area contributed by atoms with Gasteiger partial charge in [0.2, 0.25) is 0 Å². The fourth-order valence-electron chi connectivity index (χ4n) is 2.24. The summed E-state index contributed by atoms with van der Waals surface area (Å²) in [5.74, 6) is 0. The van der Waals surface area contributed by atoms with Crippen molar-refractivity contribution in [2.45, 2.75) is 26.3 Å². The summed E-state index contributed by atoms with van der Waals surface area (Å²) in [5.41, 5.74) is 4.62. The third-order valence-electron chi connectivity index (χ3n) is 3.36. The molecule has 0 amide bonds. The van der Waals surface area contributed by atoms with E-state index in [1.165, 1.54) is 11.1 Å². The zero-order chi connectivity index (χ0) is 13.8. The number of likely N-dealkylation sites (N-methyl/N-ethyl adjacent to an activating group) is 1. The number of halogens is 1. The molecule has 0 saturated heterocycles. The first-order chi connectivity index (χ1) is 9.11. The lowest BCUT2D eigenvalue weighted by Crippen LogP contribution is -2.21. The Bertz CT molecular complexity index is 566. The number of rotatable bonds is 4. The predicted octanol–water partition coefficient (Wildman–Crippen LogP) is 3.86. The van der Waals surface area contributed by atoms with E-state index in [2.05, 4.69) is 35.4 Å². The molecule has 0 aliphatic heterocycles. The molecule has 1 N–H and O–H groups in total. The second-order valence-corrected chi connectivity index (χ2v) is 5.25. The van der Waals surface area contributed by atoms with Crippen LogP contribution < -0.4 is 5.32 Å². The second-order valence-electron chi connectivity index (χ2n) is 4.85. The summed E-state index contributed by atoms with van der Waals surface area (Å²) < 4.78 is 0. The highest BCUT2D eigenvalue weighted by Crippen LogP contribution is 2.24. The smallest absolute Gasteiger partial charge is 0.0605 e. The molecule has 2 aromatic rings. The largest absolute Gasteiger partial charge is 0.311 e. The minimum absolute atomic E-state index is 0.182. The third-order valence-corrected chi connectivity index (χ3v) is 3.71. The van der Waals surface area contributed by atoms with Crippen LogP contribution in [0.5, 0.6) is 0 Å². The summed E-state index contributed by atoms with van der Waals surface area (Å²) in [6.07, 6.45) is 2.68. The van der Waals surface area contributed by atoms with Crippen LogP contribution in [-0.4, -0.2) is 12.0 Å². The van der Waals surface area contributed by atoms with Crippen LogP contribution in [0.3, 0.4) is 0 Å². The Morgan fingerprint density at radius 1 is 1.26 bits per heavy atom. The lowest BCUT2D eigenvalue weighted by atomic mass is 9.99. The van der Waals surface area contributed by atoms with Crippen molar-refractivity contribution in [3.63, 3.8) is 0 Å². The lowest BCUT2D eigenvalue weighted by Gasteiger charge is -2.18. The van der Waals surface area contributed by atoms with Crippen LogP contribution in [0, 0.1) is 13.8 Å². The lowest BCUT2D eigenvalue weighted by molar-refractivity contribution is 0.572.